The molecule has 0 bridgehead atoms. The second-order valence-corrected chi connectivity index (χ2v) is 5.53. The van der Waals surface area contributed by atoms with Crippen LogP contribution in [0.4, 0.5) is 5.13 Å². The monoisotopic (exact) mass is 250 g/mol. The fourth-order valence-corrected chi connectivity index (χ4v) is 3.20. The molecule has 3 heterocycles. The van der Waals surface area contributed by atoms with Crippen molar-refractivity contribution in [1.29, 1.82) is 0 Å². The molecule has 0 amide bonds. The summed E-state index contributed by atoms with van der Waals surface area (Å²) >= 11 is 1.50. The number of rotatable bonds is 1. The average molecular weight is 250 g/mol. The zero-order chi connectivity index (χ0) is 11.8. The minimum Gasteiger partial charge on any atom is -0.348 e. The molecule has 0 aliphatic carbocycles. The third-order valence-electron chi connectivity index (χ3n) is 3.12. The van der Waals surface area contributed by atoms with E-state index in [-0.39, 0.29) is 5.56 Å². The summed E-state index contributed by atoms with van der Waals surface area (Å²) in [5, 5.41) is 0.927. The Morgan fingerprint density at radius 1 is 1.59 bits per heavy atom. The van der Waals surface area contributed by atoms with Gasteiger partial charge in [-0.05, 0) is 18.8 Å². The number of nitrogens with zero attached hydrogens (tertiary/aromatic N) is 3. The van der Waals surface area contributed by atoms with Crippen LogP contribution in [0.3, 0.4) is 0 Å². The maximum Gasteiger partial charge on any atom is 0.278 e. The van der Waals surface area contributed by atoms with E-state index in [9.17, 15) is 4.79 Å². The Bertz CT molecular complexity index is 590. The number of thiazole rings is 1. The summed E-state index contributed by atoms with van der Waals surface area (Å²) < 4.78 is 0. The third-order valence-corrected chi connectivity index (χ3v) is 4.14. The summed E-state index contributed by atoms with van der Waals surface area (Å²) in [4.78, 5) is 25.7. The largest absolute Gasteiger partial charge is 0.348 e. The Morgan fingerprint density at radius 3 is 3.24 bits per heavy atom. The van der Waals surface area contributed by atoms with Crippen LogP contribution < -0.4 is 10.5 Å². The Kier molecular flexibility index (Phi) is 2.58. The highest BCUT2D eigenvalue weighted by molar-refractivity contribution is 7.21. The Morgan fingerprint density at radius 2 is 2.47 bits per heavy atom. The van der Waals surface area contributed by atoms with Crippen molar-refractivity contribution in [1.82, 2.24) is 15.0 Å². The Labute approximate surface area is 103 Å². The van der Waals surface area contributed by atoms with Crippen LogP contribution >= 0.6 is 11.3 Å². The van der Waals surface area contributed by atoms with E-state index < -0.39 is 0 Å². The lowest BCUT2D eigenvalue weighted by molar-refractivity contribution is 0.446. The summed E-state index contributed by atoms with van der Waals surface area (Å²) in [6.45, 7) is 4.31. The molecule has 2 aromatic rings. The van der Waals surface area contributed by atoms with Crippen molar-refractivity contribution in [2.75, 3.05) is 18.0 Å². The van der Waals surface area contributed by atoms with E-state index >= 15 is 0 Å². The predicted molar refractivity (Wildman–Crippen MR) is 68.6 cm³/mol. The Hall–Kier alpha value is -1.43. The van der Waals surface area contributed by atoms with Crippen molar-refractivity contribution in [2.24, 2.45) is 5.92 Å². The maximum absolute atomic E-state index is 11.6. The van der Waals surface area contributed by atoms with Crippen molar-refractivity contribution in [3.63, 3.8) is 0 Å². The van der Waals surface area contributed by atoms with Crippen LogP contribution in [0.15, 0.2) is 11.1 Å². The normalized spacial score (nSPS) is 21.0. The van der Waals surface area contributed by atoms with Gasteiger partial charge in [0.1, 0.15) is 0 Å². The summed E-state index contributed by atoms with van der Waals surface area (Å²) in [6, 6.07) is 0. The van der Waals surface area contributed by atoms with E-state index in [1.54, 1.807) is 0 Å². The number of hydrogen-bond acceptors (Lipinski definition) is 5. The highest BCUT2D eigenvalue weighted by Gasteiger charge is 2.20. The molecule has 0 saturated carbocycles. The number of aromatic nitrogens is 3. The van der Waals surface area contributed by atoms with Gasteiger partial charge in [-0.15, -0.1) is 0 Å². The van der Waals surface area contributed by atoms with E-state index in [1.807, 2.05) is 0 Å². The molecular weight excluding hydrogens is 236 g/mol. The molecule has 1 aliphatic heterocycles. The molecule has 0 aromatic carbocycles. The minimum absolute atomic E-state index is 0.150. The number of anilines is 1. The lowest BCUT2D eigenvalue weighted by Gasteiger charge is -2.30. The number of nitrogens with one attached hydrogen (secondary N) is 1. The molecule has 3 rings (SSSR count). The predicted octanol–water partition coefficient (Wildman–Crippen LogP) is 1.62. The zero-order valence-electron chi connectivity index (χ0n) is 9.64. The molecule has 1 N–H and O–H groups in total. The minimum atomic E-state index is -0.150. The maximum atomic E-state index is 11.6. The molecule has 2 aromatic heterocycles. The van der Waals surface area contributed by atoms with Crippen LogP contribution in [0.1, 0.15) is 19.8 Å². The number of piperidine rings is 1. The molecule has 1 aliphatic rings. The first-order chi connectivity index (χ1) is 8.24. The van der Waals surface area contributed by atoms with Crippen LogP contribution in [0.5, 0.6) is 0 Å². The standard InChI is InChI=1S/C11H14N4OS/c1-7-3-2-4-15(5-7)11-14-8-9(16)12-6-13-10(8)17-11/h6-7H,2-5H2,1H3,(H,12,13,16). The zero-order valence-corrected chi connectivity index (χ0v) is 10.5. The molecule has 1 atom stereocenters. The number of fused-ring (bicyclic) bond motifs is 1. The van der Waals surface area contributed by atoms with Gasteiger partial charge in [-0.3, -0.25) is 4.79 Å². The first kappa shape index (κ1) is 10.7. The van der Waals surface area contributed by atoms with Gasteiger partial charge in [-0.1, -0.05) is 18.3 Å². The molecule has 1 saturated heterocycles. The first-order valence-corrected chi connectivity index (χ1v) is 6.65. The van der Waals surface area contributed by atoms with E-state index in [0.717, 1.165) is 23.1 Å². The summed E-state index contributed by atoms with van der Waals surface area (Å²) in [5.74, 6) is 0.696. The van der Waals surface area contributed by atoms with E-state index in [0.29, 0.717) is 11.4 Å². The molecule has 6 heteroatoms. The smallest absolute Gasteiger partial charge is 0.278 e. The van der Waals surface area contributed by atoms with Gasteiger partial charge in [0.05, 0.1) is 6.33 Å². The van der Waals surface area contributed by atoms with Gasteiger partial charge in [-0.2, -0.15) is 0 Å². The lowest BCUT2D eigenvalue weighted by atomic mass is 10.0. The second kappa shape index (κ2) is 4.10. The summed E-state index contributed by atoms with van der Waals surface area (Å²) in [6.07, 6.45) is 3.91. The van der Waals surface area contributed by atoms with Crippen LogP contribution in [0, 0.1) is 5.92 Å². The summed E-state index contributed by atoms with van der Waals surface area (Å²) in [5.41, 5.74) is 0.313. The summed E-state index contributed by atoms with van der Waals surface area (Å²) in [7, 11) is 0. The van der Waals surface area contributed by atoms with Crippen molar-refractivity contribution in [2.45, 2.75) is 19.8 Å². The van der Waals surface area contributed by atoms with Gasteiger partial charge in [0.2, 0.25) is 0 Å². The van der Waals surface area contributed by atoms with Crippen molar-refractivity contribution < 1.29 is 0 Å². The van der Waals surface area contributed by atoms with Crippen molar-refractivity contribution in [3.05, 3.63) is 16.7 Å². The van der Waals surface area contributed by atoms with Crippen LogP contribution in [0.25, 0.3) is 10.3 Å². The van der Waals surface area contributed by atoms with Crippen LogP contribution in [-0.2, 0) is 0 Å². The highest BCUT2D eigenvalue weighted by Crippen LogP contribution is 2.28. The van der Waals surface area contributed by atoms with E-state index in [2.05, 4.69) is 26.8 Å². The van der Waals surface area contributed by atoms with Crippen LogP contribution in [0.2, 0.25) is 0 Å². The molecule has 90 valence electrons. The fraction of sp³-hybridized carbons (Fsp3) is 0.545. The van der Waals surface area contributed by atoms with E-state index in [1.165, 1.54) is 30.5 Å². The number of hydrogen-bond donors (Lipinski definition) is 1. The lowest BCUT2D eigenvalue weighted by Crippen LogP contribution is -2.34. The Balaban J connectivity index is 2.00. The first-order valence-electron chi connectivity index (χ1n) is 5.83. The molecule has 17 heavy (non-hydrogen) atoms. The van der Waals surface area contributed by atoms with E-state index in [4.69, 9.17) is 0 Å². The highest BCUT2D eigenvalue weighted by atomic mass is 32.1. The van der Waals surface area contributed by atoms with Crippen molar-refractivity contribution >= 4 is 26.8 Å². The van der Waals surface area contributed by atoms with Gasteiger partial charge in [0, 0.05) is 13.1 Å². The number of H-pyrrole nitrogens is 1. The van der Waals surface area contributed by atoms with Gasteiger partial charge in [0.15, 0.2) is 15.5 Å². The quantitative estimate of drug-likeness (QED) is 0.835. The topological polar surface area (TPSA) is 61.9 Å². The molecular formula is C11H14N4OS. The molecule has 1 fully saturated rings. The van der Waals surface area contributed by atoms with Gasteiger partial charge >= 0.3 is 0 Å². The fourth-order valence-electron chi connectivity index (χ4n) is 2.25. The van der Waals surface area contributed by atoms with Gasteiger partial charge < -0.3 is 9.88 Å². The second-order valence-electron chi connectivity index (χ2n) is 4.58. The third kappa shape index (κ3) is 1.93. The molecule has 1 unspecified atom stereocenters. The van der Waals surface area contributed by atoms with Gasteiger partial charge in [-0.25, -0.2) is 9.97 Å². The van der Waals surface area contributed by atoms with Gasteiger partial charge in [0.25, 0.3) is 5.56 Å². The molecule has 0 radical (unpaired) electrons. The molecule has 0 spiro atoms. The van der Waals surface area contributed by atoms with Crippen LogP contribution in [-0.4, -0.2) is 28.0 Å². The molecule has 5 nitrogen and oxygen atoms in total. The van der Waals surface area contributed by atoms with Crippen molar-refractivity contribution in [3.8, 4) is 0 Å². The number of aromatic amines is 1. The SMILES string of the molecule is CC1CCCN(c2nc3c(=O)[nH]cnc3s2)C1. The average Bonchev–Trinajstić information content (AvgIpc) is 2.74.